The summed E-state index contributed by atoms with van der Waals surface area (Å²) in [6, 6.07) is 14.1. The van der Waals surface area contributed by atoms with Crippen LogP contribution in [0.5, 0.6) is 5.75 Å². The first kappa shape index (κ1) is 21.4. The van der Waals surface area contributed by atoms with E-state index >= 15 is 0 Å². The molecule has 0 atom stereocenters. The van der Waals surface area contributed by atoms with Crippen LogP contribution in [0.25, 0.3) is 0 Å². The summed E-state index contributed by atoms with van der Waals surface area (Å²) in [6.45, 7) is 5.83. The fraction of sp³-hybridized carbons (Fsp3) is 0.462. The highest BCUT2D eigenvalue weighted by Crippen LogP contribution is 2.30. The lowest BCUT2D eigenvalue weighted by atomic mass is 10.0. The summed E-state index contributed by atoms with van der Waals surface area (Å²) < 4.78 is 5.93. The average molecular weight is 421 g/mol. The van der Waals surface area contributed by atoms with E-state index in [0.717, 1.165) is 28.1 Å². The van der Waals surface area contributed by atoms with Crippen molar-refractivity contribution in [2.24, 2.45) is 5.92 Å². The molecule has 164 valence electrons. The zero-order valence-corrected chi connectivity index (χ0v) is 18.6. The van der Waals surface area contributed by atoms with Gasteiger partial charge in [-0.2, -0.15) is 0 Å². The standard InChI is InChI=1S/C26H32N2O3/c1-19-7-10-24(11-8-19)28(20(2)29)17-22-9-12-25-23(15-22)18-27(13-14-31-25)26(30)16-21-5-3-4-6-21/h7-12,15,21H,3-6,13-14,16-18H2,1-2H3. The number of anilines is 1. The first-order chi connectivity index (χ1) is 15.0. The molecule has 31 heavy (non-hydrogen) atoms. The molecule has 2 aliphatic rings. The van der Waals surface area contributed by atoms with E-state index in [9.17, 15) is 9.59 Å². The maximum atomic E-state index is 12.9. The van der Waals surface area contributed by atoms with Gasteiger partial charge in [-0.1, -0.05) is 36.6 Å². The molecule has 5 nitrogen and oxygen atoms in total. The molecule has 1 fully saturated rings. The van der Waals surface area contributed by atoms with E-state index in [0.29, 0.717) is 38.6 Å². The largest absolute Gasteiger partial charge is 0.491 e. The van der Waals surface area contributed by atoms with E-state index in [4.69, 9.17) is 4.74 Å². The van der Waals surface area contributed by atoms with Crippen molar-refractivity contribution < 1.29 is 14.3 Å². The molecule has 2 amide bonds. The summed E-state index contributed by atoms with van der Waals surface area (Å²) in [5, 5.41) is 0. The predicted molar refractivity (Wildman–Crippen MR) is 122 cm³/mol. The maximum Gasteiger partial charge on any atom is 0.224 e. The molecule has 0 spiro atoms. The Morgan fingerprint density at radius 3 is 2.55 bits per heavy atom. The van der Waals surface area contributed by atoms with Crippen LogP contribution in [0.1, 0.15) is 55.7 Å². The minimum Gasteiger partial charge on any atom is -0.491 e. The number of aryl methyl sites for hydroxylation is 1. The van der Waals surface area contributed by atoms with Crippen LogP contribution in [0.15, 0.2) is 42.5 Å². The van der Waals surface area contributed by atoms with Crippen LogP contribution >= 0.6 is 0 Å². The lowest BCUT2D eigenvalue weighted by Gasteiger charge is -2.23. The van der Waals surface area contributed by atoms with Crippen molar-refractivity contribution in [1.29, 1.82) is 0 Å². The van der Waals surface area contributed by atoms with Gasteiger partial charge in [0.15, 0.2) is 0 Å². The lowest BCUT2D eigenvalue weighted by Crippen LogP contribution is -2.33. The third-order valence-electron chi connectivity index (χ3n) is 6.46. The molecule has 4 rings (SSSR count). The minimum atomic E-state index is 0.00316. The van der Waals surface area contributed by atoms with Gasteiger partial charge in [-0.25, -0.2) is 0 Å². The summed E-state index contributed by atoms with van der Waals surface area (Å²) in [6.07, 6.45) is 5.51. The zero-order valence-electron chi connectivity index (χ0n) is 18.6. The first-order valence-corrected chi connectivity index (χ1v) is 11.4. The second-order valence-electron chi connectivity index (χ2n) is 8.90. The average Bonchev–Trinajstić information content (AvgIpc) is 3.16. The molecule has 1 aliphatic carbocycles. The summed E-state index contributed by atoms with van der Waals surface area (Å²) in [4.78, 5) is 29.0. The molecule has 0 unspecified atom stereocenters. The Morgan fingerprint density at radius 1 is 1.10 bits per heavy atom. The van der Waals surface area contributed by atoms with Crippen LogP contribution in [-0.2, 0) is 22.7 Å². The van der Waals surface area contributed by atoms with Crippen LogP contribution in [0, 0.1) is 12.8 Å². The molecular weight excluding hydrogens is 388 g/mol. The molecule has 0 N–H and O–H groups in total. The van der Waals surface area contributed by atoms with Gasteiger partial charge in [0, 0.05) is 31.1 Å². The van der Waals surface area contributed by atoms with Gasteiger partial charge in [0.25, 0.3) is 0 Å². The molecule has 2 aromatic rings. The highest BCUT2D eigenvalue weighted by atomic mass is 16.5. The van der Waals surface area contributed by atoms with Crippen LogP contribution in [-0.4, -0.2) is 29.9 Å². The Bertz CT molecular complexity index is 932. The van der Waals surface area contributed by atoms with Gasteiger partial charge < -0.3 is 14.5 Å². The molecule has 5 heteroatoms. The second-order valence-corrected chi connectivity index (χ2v) is 8.90. The van der Waals surface area contributed by atoms with Gasteiger partial charge in [0.2, 0.25) is 11.8 Å². The molecule has 0 radical (unpaired) electrons. The Morgan fingerprint density at radius 2 is 1.84 bits per heavy atom. The number of benzene rings is 2. The highest BCUT2D eigenvalue weighted by molar-refractivity contribution is 5.91. The van der Waals surface area contributed by atoms with E-state index in [-0.39, 0.29) is 11.8 Å². The van der Waals surface area contributed by atoms with E-state index in [1.165, 1.54) is 25.7 Å². The van der Waals surface area contributed by atoms with Gasteiger partial charge in [0.1, 0.15) is 12.4 Å². The molecule has 0 aromatic heterocycles. The van der Waals surface area contributed by atoms with Crippen molar-refractivity contribution in [3.8, 4) is 5.75 Å². The normalized spacial score (nSPS) is 16.4. The number of nitrogens with zero attached hydrogens (tertiary/aromatic N) is 2. The molecular formula is C26H32N2O3. The Kier molecular flexibility index (Phi) is 6.59. The summed E-state index contributed by atoms with van der Waals surface area (Å²) in [7, 11) is 0. The predicted octanol–water partition coefficient (Wildman–Crippen LogP) is 4.85. The minimum absolute atomic E-state index is 0.00316. The number of carbonyl (C=O) groups is 2. The van der Waals surface area contributed by atoms with Gasteiger partial charge in [-0.15, -0.1) is 0 Å². The number of carbonyl (C=O) groups excluding carboxylic acids is 2. The van der Waals surface area contributed by atoms with Gasteiger partial charge >= 0.3 is 0 Å². The third kappa shape index (κ3) is 5.27. The Labute approximate surface area is 185 Å². The SMILES string of the molecule is CC(=O)N(Cc1ccc2c(c1)CN(C(=O)CC1CCCC1)CCO2)c1ccc(C)cc1. The van der Waals surface area contributed by atoms with Gasteiger partial charge in [-0.3, -0.25) is 9.59 Å². The smallest absolute Gasteiger partial charge is 0.224 e. The van der Waals surface area contributed by atoms with E-state index in [1.54, 1.807) is 11.8 Å². The monoisotopic (exact) mass is 420 g/mol. The fourth-order valence-electron chi connectivity index (χ4n) is 4.64. The number of ether oxygens (including phenoxy) is 1. The topological polar surface area (TPSA) is 49.9 Å². The Hall–Kier alpha value is -2.82. The summed E-state index contributed by atoms with van der Waals surface area (Å²) >= 11 is 0. The van der Waals surface area contributed by atoms with E-state index in [1.807, 2.05) is 48.2 Å². The van der Waals surface area contributed by atoms with E-state index < -0.39 is 0 Å². The molecule has 1 heterocycles. The summed E-state index contributed by atoms with van der Waals surface area (Å²) in [5.41, 5.74) is 4.10. The van der Waals surface area contributed by atoms with Crippen molar-refractivity contribution in [2.45, 2.75) is 59.0 Å². The molecule has 1 saturated carbocycles. The van der Waals surface area contributed by atoms with Crippen molar-refractivity contribution in [1.82, 2.24) is 4.90 Å². The van der Waals surface area contributed by atoms with Crippen molar-refractivity contribution in [3.05, 3.63) is 59.2 Å². The van der Waals surface area contributed by atoms with Crippen molar-refractivity contribution in [2.75, 3.05) is 18.1 Å². The van der Waals surface area contributed by atoms with Crippen molar-refractivity contribution >= 4 is 17.5 Å². The van der Waals surface area contributed by atoms with Gasteiger partial charge in [0.05, 0.1) is 13.1 Å². The zero-order chi connectivity index (χ0) is 21.8. The van der Waals surface area contributed by atoms with Gasteiger partial charge in [-0.05, 0) is 55.5 Å². The van der Waals surface area contributed by atoms with E-state index in [2.05, 4.69) is 6.07 Å². The number of hydrogen-bond acceptors (Lipinski definition) is 3. The van der Waals surface area contributed by atoms with Crippen LogP contribution < -0.4 is 9.64 Å². The number of rotatable bonds is 5. The Balaban J connectivity index is 1.50. The first-order valence-electron chi connectivity index (χ1n) is 11.4. The summed E-state index contributed by atoms with van der Waals surface area (Å²) in [5.74, 6) is 1.62. The third-order valence-corrected chi connectivity index (χ3v) is 6.46. The van der Waals surface area contributed by atoms with Crippen molar-refractivity contribution in [3.63, 3.8) is 0 Å². The second kappa shape index (κ2) is 9.54. The number of hydrogen-bond donors (Lipinski definition) is 0. The quantitative estimate of drug-likeness (QED) is 0.695. The molecule has 0 saturated heterocycles. The molecule has 0 bridgehead atoms. The van der Waals surface area contributed by atoms with Crippen LogP contribution in [0.2, 0.25) is 0 Å². The van der Waals surface area contributed by atoms with Crippen LogP contribution in [0.3, 0.4) is 0 Å². The highest BCUT2D eigenvalue weighted by Gasteiger charge is 2.25. The molecule has 2 aromatic carbocycles. The fourth-order valence-corrected chi connectivity index (χ4v) is 4.64. The number of amides is 2. The number of fused-ring (bicyclic) bond motifs is 1. The maximum absolute atomic E-state index is 12.9. The molecule has 1 aliphatic heterocycles. The van der Waals surface area contributed by atoms with Crippen LogP contribution in [0.4, 0.5) is 5.69 Å². The lowest BCUT2D eigenvalue weighted by molar-refractivity contribution is -0.133.